The number of ether oxygens (including phenoxy) is 2. The molecule has 23 heavy (non-hydrogen) atoms. The highest BCUT2D eigenvalue weighted by molar-refractivity contribution is 5.76. The molecule has 1 amide bonds. The van der Waals surface area contributed by atoms with Gasteiger partial charge in [-0.05, 0) is 36.8 Å². The second-order valence-electron chi connectivity index (χ2n) is 5.21. The molecule has 0 saturated heterocycles. The van der Waals surface area contributed by atoms with Gasteiger partial charge >= 0.3 is 0 Å². The Morgan fingerprint density at radius 1 is 1.26 bits per heavy atom. The lowest BCUT2D eigenvalue weighted by molar-refractivity contribution is -0.684. The lowest BCUT2D eigenvalue weighted by Crippen LogP contribution is -2.86. The molecule has 1 aromatic carbocycles. The molecule has 0 fully saturated rings. The van der Waals surface area contributed by atoms with E-state index in [1.165, 1.54) is 0 Å². The van der Waals surface area contributed by atoms with Gasteiger partial charge in [-0.1, -0.05) is 6.07 Å². The van der Waals surface area contributed by atoms with Crippen LogP contribution in [0.4, 0.5) is 0 Å². The highest BCUT2D eigenvalue weighted by atomic mass is 16.5. The summed E-state index contributed by atoms with van der Waals surface area (Å²) in [5.41, 5.74) is 0.954. The lowest BCUT2D eigenvalue weighted by Gasteiger charge is -2.11. The molecule has 0 bridgehead atoms. The summed E-state index contributed by atoms with van der Waals surface area (Å²) in [4.78, 5) is 11.9. The summed E-state index contributed by atoms with van der Waals surface area (Å²) in [6, 6.07) is 9.44. The van der Waals surface area contributed by atoms with E-state index in [-0.39, 0.29) is 11.9 Å². The number of carbonyl (C=O) groups excluding carboxylic acids is 1. The Morgan fingerprint density at radius 2 is 2.04 bits per heavy atom. The number of benzene rings is 1. The average molecular weight is 319 g/mol. The van der Waals surface area contributed by atoms with Crippen molar-refractivity contribution >= 4 is 5.91 Å². The van der Waals surface area contributed by atoms with Crippen LogP contribution in [0.1, 0.15) is 24.3 Å². The minimum Gasteiger partial charge on any atom is -0.493 e. The Kier molecular flexibility index (Phi) is 6.05. The van der Waals surface area contributed by atoms with Crippen LogP contribution in [0.25, 0.3) is 0 Å². The Morgan fingerprint density at radius 3 is 2.70 bits per heavy atom. The predicted molar refractivity (Wildman–Crippen MR) is 85.3 cm³/mol. The molecule has 2 aromatic rings. The Bertz CT molecular complexity index is 626. The largest absolute Gasteiger partial charge is 0.493 e. The minimum absolute atomic E-state index is 0.0295. The number of nitrogens with one attached hydrogen (secondary N) is 1. The van der Waals surface area contributed by atoms with Crippen LogP contribution in [0.3, 0.4) is 0 Å². The molecule has 0 saturated carbocycles. The van der Waals surface area contributed by atoms with Crippen molar-refractivity contribution in [2.24, 2.45) is 0 Å². The van der Waals surface area contributed by atoms with Gasteiger partial charge in [-0.3, -0.25) is 4.79 Å². The van der Waals surface area contributed by atoms with E-state index in [2.05, 4.69) is 5.32 Å². The van der Waals surface area contributed by atoms with E-state index in [4.69, 9.17) is 13.9 Å². The maximum Gasteiger partial charge on any atom is 0.275 e. The highest BCUT2D eigenvalue weighted by Gasteiger charge is 2.13. The number of rotatable bonds is 8. The molecule has 0 unspecified atom stereocenters. The molecule has 1 aromatic heterocycles. The normalized spacial score (nSPS) is 11.8. The van der Waals surface area contributed by atoms with E-state index >= 15 is 0 Å². The van der Waals surface area contributed by atoms with E-state index in [0.717, 1.165) is 11.3 Å². The number of methoxy groups -OCH3 is 2. The number of amides is 1. The first-order chi connectivity index (χ1) is 11.1. The van der Waals surface area contributed by atoms with Gasteiger partial charge in [0, 0.05) is 6.54 Å². The van der Waals surface area contributed by atoms with E-state index in [1.54, 1.807) is 20.5 Å². The SMILES string of the molecule is COc1ccc(CNC(=O)C[NH2+][C@@H](C)c2ccco2)cc1OC. The van der Waals surface area contributed by atoms with Crippen molar-refractivity contribution in [1.29, 1.82) is 0 Å². The van der Waals surface area contributed by atoms with Crippen molar-refractivity contribution in [2.75, 3.05) is 20.8 Å². The van der Waals surface area contributed by atoms with Crippen molar-refractivity contribution < 1.29 is 24.0 Å². The first-order valence-electron chi connectivity index (χ1n) is 7.48. The molecule has 2 rings (SSSR count). The molecule has 1 atom stereocenters. The lowest BCUT2D eigenvalue weighted by atomic mass is 10.2. The summed E-state index contributed by atoms with van der Waals surface area (Å²) in [5.74, 6) is 2.15. The fourth-order valence-corrected chi connectivity index (χ4v) is 2.21. The summed E-state index contributed by atoms with van der Waals surface area (Å²) in [6.45, 7) is 2.79. The number of hydrogen-bond donors (Lipinski definition) is 2. The Labute approximate surface area is 135 Å². The van der Waals surface area contributed by atoms with Gasteiger partial charge in [-0.15, -0.1) is 0 Å². The zero-order chi connectivity index (χ0) is 16.7. The van der Waals surface area contributed by atoms with E-state index in [9.17, 15) is 4.79 Å². The van der Waals surface area contributed by atoms with Gasteiger partial charge < -0.3 is 24.5 Å². The van der Waals surface area contributed by atoms with Crippen molar-refractivity contribution in [3.63, 3.8) is 0 Å². The summed E-state index contributed by atoms with van der Waals surface area (Å²) in [7, 11) is 3.18. The molecule has 0 radical (unpaired) electrons. The second kappa shape index (κ2) is 8.24. The molecule has 0 aliphatic heterocycles. The van der Waals surface area contributed by atoms with Gasteiger partial charge in [0.1, 0.15) is 6.04 Å². The van der Waals surface area contributed by atoms with Crippen molar-refractivity contribution in [3.05, 3.63) is 47.9 Å². The summed E-state index contributed by atoms with van der Waals surface area (Å²) in [6.07, 6.45) is 1.64. The van der Waals surface area contributed by atoms with Gasteiger partial charge in [-0.25, -0.2) is 0 Å². The van der Waals surface area contributed by atoms with E-state index in [0.29, 0.717) is 24.6 Å². The summed E-state index contributed by atoms with van der Waals surface area (Å²) >= 11 is 0. The van der Waals surface area contributed by atoms with E-state index < -0.39 is 0 Å². The molecule has 124 valence electrons. The second-order valence-corrected chi connectivity index (χ2v) is 5.21. The predicted octanol–water partition coefficient (Wildman–Crippen LogP) is 1.24. The molecule has 0 aliphatic rings. The maximum absolute atomic E-state index is 11.9. The fraction of sp³-hybridized carbons (Fsp3) is 0.353. The Hall–Kier alpha value is -2.47. The monoisotopic (exact) mass is 319 g/mol. The first-order valence-corrected chi connectivity index (χ1v) is 7.48. The molecular formula is C17H23N2O4+. The minimum atomic E-state index is -0.0295. The van der Waals surface area contributed by atoms with Crippen LogP contribution in [0, 0.1) is 0 Å². The third-order valence-electron chi connectivity index (χ3n) is 3.59. The van der Waals surface area contributed by atoms with Gasteiger partial charge in [0.05, 0.1) is 20.5 Å². The van der Waals surface area contributed by atoms with Crippen molar-refractivity contribution in [1.82, 2.24) is 5.32 Å². The van der Waals surface area contributed by atoms with Gasteiger partial charge in [0.25, 0.3) is 5.91 Å². The third-order valence-corrected chi connectivity index (χ3v) is 3.59. The molecule has 3 N–H and O–H groups in total. The number of nitrogens with two attached hydrogens (primary N) is 1. The molecule has 0 spiro atoms. The van der Waals surface area contributed by atoms with Crippen molar-refractivity contribution in [3.8, 4) is 11.5 Å². The van der Waals surface area contributed by atoms with Crippen LogP contribution in [0.15, 0.2) is 41.0 Å². The van der Waals surface area contributed by atoms with Crippen LogP contribution < -0.4 is 20.1 Å². The number of carbonyl (C=O) groups is 1. The highest BCUT2D eigenvalue weighted by Crippen LogP contribution is 2.27. The van der Waals surface area contributed by atoms with Crippen LogP contribution in [0.2, 0.25) is 0 Å². The standard InChI is InChI=1S/C17H22N2O4/c1-12(14-5-4-8-23-14)18-11-17(20)19-10-13-6-7-15(21-2)16(9-13)22-3/h4-9,12,18H,10-11H2,1-3H3,(H,19,20)/p+1/t12-/m0/s1. The first kappa shape index (κ1) is 16.9. The third kappa shape index (κ3) is 4.75. The molecule has 6 nitrogen and oxygen atoms in total. The number of furan rings is 1. The number of hydrogen-bond acceptors (Lipinski definition) is 4. The summed E-state index contributed by atoms with van der Waals surface area (Å²) < 4.78 is 15.8. The Balaban J connectivity index is 1.80. The van der Waals surface area contributed by atoms with Crippen LogP contribution >= 0.6 is 0 Å². The van der Waals surface area contributed by atoms with Crippen LogP contribution in [-0.2, 0) is 11.3 Å². The van der Waals surface area contributed by atoms with Gasteiger partial charge in [0.15, 0.2) is 23.8 Å². The van der Waals surface area contributed by atoms with E-state index in [1.807, 2.05) is 42.6 Å². The molecular weight excluding hydrogens is 296 g/mol. The number of quaternary nitrogens is 1. The average Bonchev–Trinajstić information content (AvgIpc) is 3.12. The molecule has 0 aliphatic carbocycles. The zero-order valence-corrected chi connectivity index (χ0v) is 13.7. The summed E-state index contributed by atoms with van der Waals surface area (Å²) in [5, 5.41) is 4.82. The smallest absolute Gasteiger partial charge is 0.275 e. The molecule has 6 heteroatoms. The fourth-order valence-electron chi connectivity index (χ4n) is 2.21. The van der Waals surface area contributed by atoms with Crippen LogP contribution in [0.5, 0.6) is 11.5 Å². The van der Waals surface area contributed by atoms with Crippen molar-refractivity contribution in [2.45, 2.75) is 19.5 Å². The van der Waals surface area contributed by atoms with Gasteiger partial charge in [-0.2, -0.15) is 0 Å². The van der Waals surface area contributed by atoms with Crippen LogP contribution in [-0.4, -0.2) is 26.7 Å². The molecule has 1 heterocycles. The van der Waals surface area contributed by atoms with Gasteiger partial charge in [0.2, 0.25) is 0 Å². The topological polar surface area (TPSA) is 77.3 Å². The maximum atomic E-state index is 11.9. The zero-order valence-electron chi connectivity index (χ0n) is 13.7. The quantitative estimate of drug-likeness (QED) is 0.767.